The Balaban J connectivity index is 1.07. The average molecular weight is 775 g/mol. The van der Waals surface area contributed by atoms with Crippen molar-refractivity contribution < 1.29 is 0 Å². The Kier molecular flexibility index (Phi) is 7.27. The third-order valence-electron chi connectivity index (χ3n) is 12.6. The van der Waals surface area contributed by atoms with E-state index in [1.54, 1.807) is 0 Å². The molecule has 13 rings (SSSR count). The van der Waals surface area contributed by atoms with Gasteiger partial charge in [0, 0.05) is 56.7 Å². The van der Waals surface area contributed by atoms with Crippen molar-refractivity contribution in [1.29, 1.82) is 0 Å². The van der Waals surface area contributed by atoms with Gasteiger partial charge in [-0.15, -0.1) is 0 Å². The molecule has 0 amide bonds. The minimum Gasteiger partial charge on any atom is -0.292 e. The predicted octanol–water partition coefficient (Wildman–Crippen LogP) is 14.7. The molecule has 0 bridgehead atoms. The highest BCUT2D eigenvalue weighted by molar-refractivity contribution is 6.30. The second-order valence-electron chi connectivity index (χ2n) is 15.9. The zero-order valence-corrected chi connectivity index (χ0v) is 32.9. The lowest BCUT2D eigenvalue weighted by atomic mass is 9.83. The van der Waals surface area contributed by atoms with Crippen molar-refractivity contribution in [3.05, 3.63) is 207 Å². The van der Waals surface area contributed by atoms with Crippen LogP contribution in [-0.2, 0) is 0 Å². The molecule has 0 saturated carbocycles. The number of hydrogen-bond donors (Lipinski definition) is 0. The number of hydrogen-bond acceptors (Lipinski definition) is 3. The van der Waals surface area contributed by atoms with E-state index in [4.69, 9.17) is 15.0 Å². The van der Waals surface area contributed by atoms with Gasteiger partial charge in [0.1, 0.15) is 5.82 Å². The molecule has 0 unspecified atom stereocenters. The summed E-state index contributed by atoms with van der Waals surface area (Å²) in [4.78, 5) is 15.5. The van der Waals surface area contributed by atoms with Crippen LogP contribution >= 0.6 is 0 Å². The van der Waals surface area contributed by atoms with E-state index in [0.29, 0.717) is 0 Å². The smallest absolute Gasteiger partial charge is 0.145 e. The van der Waals surface area contributed by atoms with Gasteiger partial charge >= 0.3 is 0 Å². The minimum absolute atomic E-state index is 0.922. The highest BCUT2D eigenvalue weighted by Crippen LogP contribution is 2.59. The van der Waals surface area contributed by atoms with Gasteiger partial charge in [-0.25, -0.2) is 4.98 Å². The average Bonchev–Trinajstić information content (AvgIpc) is 3.88. The zero-order chi connectivity index (χ0) is 40.0. The van der Waals surface area contributed by atoms with E-state index in [9.17, 15) is 0 Å². The van der Waals surface area contributed by atoms with Crippen molar-refractivity contribution in [2.75, 3.05) is 0 Å². The molecule has 61 heavy (non-hydrogen) atoms. The van der Waals surface area contributed by atoms with Crippen LogP contribution in [0.1, 0.15) is 0 Å². The topological polar surface area (TPSA) is 43.6 Å². The van der Waals surface area contributed by atoms with Gasteiger partial charge in [0.2, 0.25) is 0 Å². The summed E-state index contributed by atoms with van der Waals surface area (Å²) in [6, 6.07) is 69.6. The van der Waals surface area contributed by atoms with E-state index < -0.39 is 0 Å². The second kappa shape index (κ2) is 13.2. The molecule has 0 fully saturated rings. The van der Waals surface area contributed by atoms with Gasteiger partial charge < -0.3 is 0 Å². The van der Waals surface area contributed by atoms with Crippen LogP contribution in [0.25, 0.3) is 127 Å². The first-order valence-corrected chi connectivity index (χ1v) is 20.8. The molecule has 3 aromatic heterocycles. The summed E-state index contributed by atoms with van der Waals surface area (Å²) in [5.74, 6) is 0.922. The van der Waals surface area contributed by atoms with Gasteiger partial charge in [0.05, 0.1) is 22.4 Å². The van der Waals surface area contributed by atoms with Crippen LogP contribution in [0.5, 0.6) is 0 Å². The van der Waals surface area contributed by atoms with Crippen molar-refractivity contribution in [2.45, 2.75) is 0 Å². The molecule has 0 atom stereocenters. The van der Waals surface area contributed by atoms with E-state index in [0.717, 1.165) is 77.7 Å². The van der Waals surface area contributed by atoms with E-state index in [-0.39, 0.29) is 0 Å². The number of fused-ring (bicyclic) bond motifs is 7. The Hall–Kier alpha value is -8.21. The quantitative estimate of drug-likeness (QED) is 0.175. The van der Waals surface area contributed by atoms with Crippen molar-refractivity contribution in [3.8, 4) is 73.0 Å². The second-order valence-corrected chi connectivity index (χ2v) is 15.9. The fourth-order valence-corrected chi connectivity index (χ4v) is 10.0. The molecule has 4 heteroatoms. The Morgan fingerprint density at radius 3 is 1.54 bits per heavy atom. The van der Waals surface area contributed by atoms with Crippen molar-refractivity contribution >= 4 is 54.1 Å². The summed E-state index contributed by atoms with van der Waals surface area (Å²) in [6.07, 6.45) is 3.91. The lowest BCUT2D eigenvalue weighted by Crippen LogP contribution is -1.97. The predicted molar refractivity (Wildman–Crippen MR) is 253 cm³/mol. The third-order valence-corrected chi connectivity index (χ3v) is 12.6. The Bertz CT molecular complexity index is 3610. The highest BCUT2D eigenvalue weighted by Gasteiger charge is 2.33. The van der Waals surface area contributed by atoms with Crippen LogP contribution in [-0.4, -0.2) is 19.5 Å². The van der Waals surface area contributed by atoms with Crippen LogP contribution in [0.4, 0.5) is 0 Å². The number of nitrogens with zero attached hydrogens (tertiary/aromatic N) is 4. The molecule has 0 radical (unpaired) electrons. The van der Waals surface area contributed by atoms with Crippen molar-refractivity contribution in [3.63, 3.8) is 0 Å². The third kappa shape index (κ3) is 4.97. The summed E-state index contributed by atoms with van der Waals surface area (Å²) in [5, 5.41) is 9.41. The molecule has 282 valence electrons. The van der Waals surface area contributed by atoms with E-state index in [2.05, 4.69) is 199 Å². The van der Waals surface area contributed by atoms with E-state index in [1.807, 2.05) is 12.4 Å². The molecule has 0 aliphatic heterocycles. The lowest BCUT2D eigenvalue weighted by molar-refractivity contribution is 1.10. The summed E-state index contributed by atoms with van der Waals surface area (Å²) >= 11 is 0. The molecule has 4 nitrogen and oxygen atoms in total. The van der Waals surface area contributed by atoms with Gasteiger partial charge in [0.15, 0.2) is 0 Å². The molecule has 0 saturated heterocycles. The Morgan fingerprint density at radius 1 is 0.344 bits per heavy atom. The summed E-state index contributed by atoms with van der Waals surface area (Å²) in [7, 11) is 0. The maximum Gasteiger partial charge on any atom is 0.145 e. The van der Waals surface area contributed by atoms with Gasteiger partial charge in [-0.2, -0.15) is 0 Å². The molecular formula is C57H34N4. The van der Waals surface area contributed by atoms with Gasteiger partial charge in [-0.05, 0) is 91.0 Å². The van der Waals surface area contributed by atoms with Crippen LogP contribution in [0.3, 0.4) is 0 Å². The number of aromatic nitrogens is 4. The number of para-hydroxylation sites is 3. The van der Waals surface area contributed by atoms with Crippen LogP contribution in [0.2, 0.25) is 0 Å². The fraction of sp³-hybridized carbons (Fsp3) is 0. The fourth-order valence-electron chi connectivity index (χ4n) is 10.0. The Morgan fingerprint density at radius 2 is 0.869 bits per heavy atom. The summed E-state index contributed by atoms with van der Waals surface area (Å²) in [6.45, 7) is 0. The number of benzene rings is 9. The first kappa shape index (κ1) is 33.7. The first-order chi connectivity index (χ1) is 30.3. The molecule has 9 aromatic carbocycles. The maximum absolute atomic E-state index is 5.20. The van der Waals surface area contributed by atoms with Crippen LogP contribution in [0.15, 0.2) is 207 Å². The monoisotopic (exact) mass is 774 g/mol. The molecule has 0 N–H and O–H groups in total. The van der Waals surface area contributed by atoms with Gasteiger partial charge in [-0.3, -0.25) is 14.5 Å². The van der Waals surface area contributed by atoms with Gasteiger partial charge in [0.25, 0.3) is 0 Å². The van der Waals surface area contributed by atoms with E-state index in [1.165, 1.54) is 49.4 Å². The SMILES string of the molecule is c1ccc(-n2c(-c3ccc(-c4ccc5c6c(cccc46)-c4c-5c(-c5nccc6ccccc56)c5ccccc5c4-c4nccc5ccccc45)cc3)nc3ccccc32)cc1. The van der Waals surface area contributed by atoms with Crippen LogP contribution in [0, 0.1) is 0 Å². The molecular weight excluding hydrogens is 741 g/mol. The molecule has 3 heterocycles. The van der Waals surface area contributed by atoms with Crippen molar-refractivity contribution in [1.82, 2.24) is 19.5 Å². The molecule has 0 spiro atoms. The first-order valence-electron chi connectivity index (χ1n) is 20.8. The molecule has 12 aromatic rings. The zero-order valence-electron chi connectivity index (χ0n) is 32.9. The number of imidazole rings is 1. The Labute approximate surface area is 351 Å². The molecule has 1 aliphatic rings. The molecule has 1 aliphatic carbocycles. The number of pyridine rings is 2. The lowest BCUT2D eigenvalue weighted by Gasteiger charge is -2.21. The van der Waals surface area contributed by atoms with Crippen LogP contribution < -0.4 is 0 Å². The maximum atomic E-state index is 5.20. The number of rotatable bonds is 5. The highest BCUT2D eigenvalue weighted by atomic mass is 15.1. The standard InChI is InChI=1S/C57H34N4/c1-2-15-39(16-3-1)61-49-24-11-10-23-48(49)60-57(61)38-27-25-37(26-28-38)40-29-30-47-50-43(40)21-12-22-46(50)51-52(47)54(56-42-18-7-5-14-36(42)32-34-59-56)45-20-9-8-19-44(45)53(51)55-41-17-6-4-13-35(41)31-33-58-55/h1-34H. The summed E-state index contributed by atoms with van der Waals surface area (Å²) in [5.41, 5.74) is 15.7. The minimum atomic E-state index is 0.922. The van der Waals surface area contributed by atoms with E-state index >= 15 is 0 Å². The van der Waals surface area contributed by atoms with Crippen molar-refractivity contribution in [2.24, 2.45) is 0 Å². The largest absolute Gasteiger partial charge is 0.292 e. The summed E-state index contributed by atoms with van der Waals surface area (Å²) < 4.78 is 2.26. The normalized spacial score (nSPS) is 11.9. The van der Waals surface area contributed by atoms with Gasteiger partial charge in [-0.1, -0.05) is 158 Å².